The number of nitrogen functional groups attached to an aromatic ring is 1. The number of hydrogen-bond acceptors (Lipinski definition) is 14. The van der Waals surface area contributed by atoms with Crippen LogP contribution in [0.1, 0.15) is 32.4 Å². The van der Waals surface area contributed by atoms with E-state index in [2.05, 4.69) is 10.3 Å². The van der Waals surface area contributed by atoms with Crippen LogP contribution in [0.2, 0.25) is 0 Å². The first kappa shape index (κ1) is 30.8. The third kappa shape index (κ3) is 6.71. The SMILES string of the molecule is CC(=O)N[C@H]1C([C@H](O)[C@H](O)CO)OC(OCCC[C@H]2O[C@@H](n3ccc(N)nc3=O)[C@@H](O)C2O)(C(=O)O)C[C@H]1O. The van der Waals surface area contributed by atoms with Gasteiger partial charge in [0.05, 0.1) is 31.5 Å². The van der Waals surface area contributed by atoms with E-state index in [1.807, 2.05) is 0 Å². The Morgan fingerprint density at radius 3 is 2.59 bits per heavy atom. The van der Waals surface area contributed by atoms with Gasteiger partial charge in [-0.1, -0.05) is 0 Å². The Bertz CT molecular complexity index is 1070. The molecule has 0 aliphatic carbocycles. The molecule has 3 heterocycles. The lowest BCUT2D eigenvalue weighted by Gasteiger charge is -2.46. The van der Waals surface area contributed by atoms with E-state index < -0.39 is 91.4 Å². The van der Waals surface area contributed by atoms with E-state index in [0.717, 1.165) is 11.5 Å². The summed E-state index contributed by atoms with van der Waals surface area (Å²) in [5.74, 6) is -4.84. The van der Waals surface area contributed by atoms with Crippen molar-refractivity contribution in [2.24, 2.45) is 0 Å². The van der Waals surface area contributed by atoms with Gasteiger partial charge >= 0.3 is 11.7 Å². The molecule has 10 N–H and O–H groups in total. The van der Waals surface area contributed by atoms with Crippen molar-refractivity contribution in [2.75, 3.05) is 18.9 Å². The normalized spacial score (nSPS) is 34.4. The number of aliphatic hydroxyl groups excluding tert-OH is 6. The van der Waals surface area contributed by atoms with Crippen LogP contribution in [0.5, 0.6) is 0 Å². The lowest BCUT2D eigenvalue weighted by atomic mass is 9.88. The van der Waals surface area contributed by atoms with Crippen LogP contribution in [0, 0.1) is 0 Å². The van der Waals surface area contributed by atoms with E-state index in [1.54, 1.807) is 0 Å². The molecule has 0 spiro atoms. The Labute approximate surface area is 221 Å². The second-order valence-electron chi connectivity index (χ2n) is 9.46. The predicted molar refractivity (Wildman–Crippen MR) is 127 cm³/mol. The van der Waals surface area contributed by atoms with Gasteiger partial charge in [0.1, 0.15) is 36.3 Å². The second kappa shape index (κ2) is 12.6. The van der Waals surface area contributed by atoms with Crippen LogP contribution in [0.3, 0.4) is 0 Å². The van der Waals surface area contributed by atoms with Gasteiger partial charge in [0.25, 0.3) is 5.79 Å². The lowest BCUT2D eigenvalue weighted by Crippen LogP contribution is -2.67. The van der Waals surface area contributed by atoms with Crippen LogP contribution < -0.4 is 16.7 Å². The molecule has 2 saturated heterocycles. The number of carboxylic acid groups (broad SMARTS) is 1. The zero-order valence-corrected chi connectivity index (χ0v) is 20.9. The molecule has 1 amide bonds. The number of carbonyl (C=O) groups excluding carboxylic acids is 1. The van der Waals surface area contributed by atoms with Crippen LogP contribution in [0.15, 0.2) is 17.1 Å². The van der Waals surface area contributed by atoms with Crippen LogP contribution in [-0.2, 0) is 23.8 Å². The average Bonchev–Trinajstić information content (AvgIpc) is 3.15. The number of rotatable bonds is 11. The number of carboxylic acids is 1. The van der Waals surface area contributed by atoms with Crippen molar-refractivity contribution in [3.8, 4) is 0 Å². The highest BCUT2D eigenvalue weighted by molar-refractivity contribution is 5.76. The fraction of sp³-hybridized carbons (Fsp3) is 0.727. The number of anilines is 1. The third-order valence-electron chi connectivity index (χ3n) is 6.62. The number of aliphatic carboxylic acids is 1. The molecular formula is C22H34N4O13. The summed E-state index contributed by atoms with van der Waals surface area (Å²) >= 11 is 0. The van der Waals surface area contributed by atoms with Crippen molar-refractivity contribution in [3.63, 3.8) is 0 Å². The van der Waals surface area contributed by atoms with Gasteiger partial charge in [-0.3, -0.25) is 9.36 Å². The van der Waals surface area contributed by atoms with Gasteiger partial charge in [-0.05, 0) is 18.9 Å². The first-order chi connectivity index (χ1) is 18.3. The van der Waals surface area contributed by atoms with Crippen LogP contribution >= 0.6 is 0 Å². The van der Waals surface area contributed by atoms with Crippen LogP contribution in [-0.4, -0.2) is 125 Å². The van der Waals surface area contributed by atoms with Crippen molar-refractivity contribution in [1.82, 2.24) is 14.9 Å². The molecule has 0 radical (unpaired) electrons. The summed E-state index contributed by atoms with van der Waals surface area (Å²) in [5, 5.41) is 73.1. The van der Waals surface area contributed by atoms with Gasteiger partial charge in [0.15, 0.2) is 6.23 Å². The lowest BCUT2D eigenvalue weighted by molar-refractivity contribution is -0.311. The highest BCUT2D eigenvalue weighted by Crippen LogP contribution is 2.35. The Kier molecular flexibility index (Phi) is 9.97. The number of aliphatic hydroxyl groups is 6. The minimum Gasteiger partial charge on any atom is -0.477 e. The zero-order valence-electron chi connectivity index (χ0n) is 20.9. The number of nitrogens with zero attached hydrogens (tertiary/aromatic N) is 2. The van der Waals surface area contributed by atoms with Crippen molar-refractivity contribution >= 4 is 17.7 Å². The Balaban J connectivity index is 1.67. The molecule has 10 atom stereocenters. The Morgan fingerprint density at radius 1 is 1.31 bits per heavy atom. The first-order valence-corrected chi connectivity index (χ1v) is 12.1. The molecule has 1 aromatic rings. The molecule has 17 nitrogen and oxygen atoms in total. The number of aromatic nitrogens is 2. The molecule has 3 rings (SSSR count). The van der Waals surface area contributed by atoms with Crippen LogP contribution in [0.25, 0.3) is 0 Å². The number of amides is 1. The van der Waals surface area contributed by atoms with Crippen molar-refractivity contribution in [2.45, 2.75) is 87.0 Å². The summed E-state index contributed by atoms with van der Waals surface area (Å²) in [7, 11) is 0. The Morgan fingerprint density at radius 2 is 2.00 bits per heavy atom. The van der Waals surface area contributed by atoms with E-state index >= 15 is 0 Å². The second-order valence-corrected chi connectivity index (χ2v) is 9.46. The monoisotopic (exact) mass is 562 g/mol. The van der Waals surface area contributed by atoms with Gasteiger partial charge in [-0.25, -0.2) is 9.59 Å². The van der Waals surface area contributed by atoms with Gasteiger partial charge in [0.2, 0.25) is 5.91 Å². The maximum absolute atomic E-state index is 12.2. The van der Waals surface area contributed by atoms with Gasteiger partial charge in [0, 0.05) is 19.5 Å². The smallest absolute Gasteiger partial charge is 0.364 e. The minimum atomic E-state index is -2.50. The maximum atomic E-state index is 12.2. The first-order valence-electron chi connectivity index (χ1n) is 12.1. The molecule has 220 valence electrons. The molecule has 2 aliphatic heterocycles. The fourth-order valence-corrected chi connectivity index (χ4v) is 4.62. The quantitative estimate of drug-likeness (QED) is 0.115. The van der Waals surface area contributed by atoms with Crippen molar-refractivity contribution in [1.29, 1.82) is 0 Å². The van der Waals surface area contributed by atoms with E-state index in [0.29, 0.717) is 0 Å². The van der Waals surface area contributed by atoms with E-state index in [1.165, 1.54) is 12.3 Å². The van der Waals surface area contributed by atoms with Crippen molar-refractivity contribution in [3.05, 3.63) is 22.7 Å². The molecule has 39 heavy (non-hydrogen) atoms. The third-order valence-corrected chi connectivity index (χ3v) is 6.62. The molecule has 0 bridgehead atoms. The van der Waals surface area contributed by atoms with Crippen molar-refractivity contribution < 1.29 is 59.5 Å². The highest BCUT2D eigenvalue weighted by atomic mass is 16.7. The van der Waals surface area contributed by atoms with E-state index in [9.17, 15) is 50.1 Å². The number of nitrogens with one attached hydrogen (secondary N) is 1. The molecule has 1 aromatic heterocycles. The molecular weight excluding hydrogens is 528 g/mol. The van der Waals surface area contributed by atoms with Gasteiger partial charge in [-0.15, -0.1) is 0 Å². The fourth-order valence-electron chi connectivity index (χ4n) is 4.62. The summed E-state index contributed by atoms with van der Waals surface area (Å²) in [6.45, 7) is -0.124. The molecule has 2 fully saturated rings. The number of carbonyl (C=O) groups is 2. The maximum Gasteiger partial charge on any atom is 0.364 e. The molecule has 0 aromatic carbocycles. The molecule has 17 heteroatoms. The summed E-state index contributed by atoms with van der Waals surface area (Å²) in [4.78, 5) is 39.4. The summed E-state index contributed by atoms with van der Waals surface area (Å²) in [5.41, 5.74) is 4.66. The van der Waals surface area contributed by atoms with Gasteiger partial charge in [-0.2, -0.15) is 4.98 Å². The average molecular weight is 563 g/mol. The largest absolute Gasteiger partial charge is 0.477 e. The molecule has 2 aliphatic rings. The van der Waals surface area contributed by atoms with E-state index in [4.69, 9.17) is 19.9 Å². The summed E-state index contributed by atoms with van der Waals surface area (Å²) < 4.78 is 17.6. The zero-order chi connectivity index (χ0) is 29.1. The van der Waals surface area contributed by atoms with Crippen LogP contribution in [0.4, 0.5) is 5.82 Å². The standard InChI is InChI=1S/C22H34N4O13/c1-9(28)24-14-10(29)7-22(20(34)35,39-18(14)15(31)11(30)8-27)37-6-2-3-12-16(32)17(33)19(38-12)26-5-4-13(23)25-21(26)36/h4-5,10-12,14-19,27,29-33H,2-3,6-8H2,1H3,(H,24,28)(H,34,35)(H2,23,25,36)/t10-,11-,12-,14-,15-,16?,17+,18?,19-,22?/m1/s1. The number of hydrogen-bond donors (Lipinski definition) is 9. The summed E-state index contributed by atoms with van der Waals surface area (Å²) in [6, 6.07) is -0.0173. The summed E-state index contributed by atoms with van der Waals surface area (Å²) in [6.07, 6.45) is -11.4. The molecule has 0 saturated carbocycles. The predicted octanol–water partition coefficient (Wildman–Crippen LogP) is -4.61. The number of ether oxygens (including phenoxy) is 3. The minimum absolute atomic E-state index is 0.0356. The topological polar surface area (TPSA) is 276 Å². The Hall–Kier alpha value is -2.74. The van der Waals surface area contributed by atoms with Gasteiger partial charge < -0.3 is 61.0 Å². The molecule has 3 unspecified atom stereocenters. The highest BCUT2D eigenvalue weighted by Gasteiger charge is 2.55. The van der Waals surface area contributed by atoms with E-state index in [-0.39, 0.29) is 25.3 Å². The number of nitrogens with two attached hydrogens (primary N) is 1.